The third-order valence-electron chi connectivity index (χ3n) is 4.38. The van der Waals surface area contributed by atoms with E-state index in [9.17, 15) is 18.0 Å². The van der Waals surface area contributed by atoms with Gasteiger partial charge in [-0.25, -0.2) is 4.39 Å². The zero-order valence-electron chi connectivity index (χ0n) is 14.3. The number of carbonyl (C=O) groups excluding carboxylic acids is 1. The van der Waals surface area contributed by atoms with Gasteiger partial charge in [0.2, 0.25) is 0 Å². The van der Waals surface area contributed by atoms with Crippen LogP contribution in [0.4, 0.5) is 24.5 Å². The van der Waals surface area contributed by atoms with Crippen molar-refractivity contribution < 1.29 is 22.7 Å². The second-order valence-corrected chi connectivity index (χ2v) is 6.22. The molecule has 6 N–H and O–H groups in total. The van der Waals surface area contributed by atoms with E-state index < -0.39 is 24.1 Å². The van der Waals surface area contributed by atoms with Crippen molar-refractivity contribution in [2.45, 2.75) is 31.9 Å². The topological polar surface area (TPSA) is 102 Å². The maximum atomic E-state index is 13.8. The van der Waals surface area contributed by atoms with Gasteiger partial charge in [-0.2, -0.15) is 8.78 Å². The molecule has 0 bridgehead atoms. The molecule has 9 heteroatoms. The van der Waals surface area contributed by atoms with E-state index >= 15 is 0 Å². The fourth-order valence-electron chi connectivity index (χ4n) is 2.92. The summed E-state index contributed by atoms with van der Waals surface area (Å²) in [6, 6.07) is 6.70. The molecule has 1 amide bonds. The first-order valence-corrected chi connectivity index (χ1v) is 8.31. The molecule has 0 radical (unpaired) electrons. The number of hydrogen-bond acceptors (Lipinski definition) is 5. The van der Waals surface area contributed by atoms with Gasteiger partial charge >= 0.3 is 6.61 Å². The molecule has 0 unspecified atom stereocenters. The Morgan fingerprint density at radius 3 is 2.59 bits per heavy atom. The monoisotopic (exact) mass is 380 g/mol. The normalized spacial score (nSPS) is 13.5. The average molecular weight is 380 g/mol. The molecule has 6 nitrogen and oxygen atoms in total. The van der Waals surface area contributed by atoms with Gasteiger partial charge in [0, 0.05) is 17.7 Å². The van der Waals surface area contributed by atoms with Gasteiger partial charge in [0.15, 0.2) is 11.6 Å². The van der Waals surface area contributed by atoms with Crippen LogP contribution in [-0.4, -0.2) is 12.5 Å². The van der Waals surface area contributed by atoms with Crippen LogP contribution in [0.5, 0.6) is 5.75 Å². The van der Waals surface area contributed by atoms with Crippen molar-refractivity contribution >= 4 is 17.3 Å². The summed E-state index contributed by atoms with van der Waals surface area (Å²) in [6.45, 7) is -3.02. The fourth-order valence-corrected chi connectivity index (χ4v) is 2.92. The Hall–Kier alpha value is -2.94. The number of amides is 1. The van der Waals surface area contributed by atoms with Crippen LogP contribution >= 0.6 is 0 Å². The van der Waals surface area contributed by atoms with E-state index in [1.807, 2.05) is 6.07 Å². The molecule has 1 saturated carbocycles. The lowest BCUT2D eigenvalue weighted by atomic mass is 10.00. The maximum absolute atomic E-state index is 13.8. The molecule has 144 valence electrons. The molecule has 0 aliphatic heterocycles. The van der Waals surface area contributed by atoms with E-state index in [1.54, 1.807) is 6.07 Å². The van der Waals surface area contributed by atoms with Gasteiger partial charge in [0.1, 0.15) is 0 Å². The third-order valence-corrected chi connectivity index (χ3v) is 4.38. The molecule has 2 aromatic rings. The van der Waals surface area contributed by atoms with Crippen LogP contribution in [0, 0.1) is 5.82 Å². The van der Waals surface area contributed by atoms with Crippen molar-refractivity contribution in [3.63, 3.8) is 0 Å². The third kappa shape index (κ3) is 4.25. The SMILES string of the molecule is NNc1c(N)ccc(C2CC2)c1CNC(=O)c1ccc(OC(F)F)c(F)c1. The quantitative estimate of drug-likeness (QED) is 0.336. The van der Waals surface area contributed by atoms with Crippen LogP contribution in [0.25, 0.3) is 0 Å². The standard InChI is InChI=1S/C18H19F3N4O2/c19-13-7-10(3-6-15(13)27-18(20)21)17(26)24-8-12-11(9-1-2-9)4-5-14(22)16(12)25-23/h3-7,9,18,25H,1-2,8,22-23H2,(H,24,26). The highest BCUT2D eigenvalue weighted by atomic mass is 19.3. The molecule has 0 heterocycles. The van der Waals surface area contributed by atoms with Crippen LogP contribution in [0.1, 0.15) is 40.2 Å². The van der Waals surface area contributed by atoms with Crippen molar-refractivity contribution in [1.82, 2.24) is 5.32 Å². The molecule has 1 aliphatic rings. The molecule has 27 heavy (non-hydrogen) atoms. The highest BCUT2D eigenvalue weighted by molar-refractivity contribution is 5.94. The Morgan fingerprint density at radius 1 is 1.26 bits per heavy atom. The summed E-state index contributed by atoms with van der Waals surface area (Å²) in [7, 11) is 0. The number of nitrogens with two attached hydrogens (primary N) is 2. The van der Waals surface area contributed by atoms with Crippen molar-refractivity contribution in [1.29, 1.82) is 0 Å². The first kappa shape index (κ1) is 18.8. The molecule has 1 fully saturated rings. The number of rotatable bonds is 7. The van der Waals surface area contributed by atoms with Crippen LogP contribution < -0.4 is 27.1 Å². The Kier molecular flexibility index (Phi) is 5.41. The van der Waals surface area contributed by atoms with Gasteiger partial charge < -0.3 is 21.2 Å². The number of hydrogen-bond donors (Lipinski definition) is 4. The van der Waals surface area contributed by atoms with Crippen molar-refractivity contribution in [3.05, 3.63) is 52.8 Å². The van der Waals surface area contributed by atoms with Crippen LogP contribution in [0.3, 0.4) is 0 Å². The minimum Gasteiger partial charge on any atom is -0.432 e. The molecule has 0 saturated heterocycles. The van der Waals surface area contributed by atoms with E-state index in [0.29, 0.717) is 17.3 Å². The van der Waals surface area contributed by atoms with E-state index in [4.69, 9.17) is 11.6 Å². The highest BCUT2D eigenvalue weighted by Gasteiger charge is 2.28. The summed E-state index contributed by atoms with van der Waals surface area (Å²) in [5, 5.41) is 2.68. The van der Waals surface area contributed by atoms with Crippen molar-refractivity contribution in [2.75, 3.05) is 11.2 Å². The first-order chi connectivity index (χ1) is 12.9. The number of nitrogens with one attached hydrogen (secondary N) is 2. The lowest BCUT2D eigenvalue weighted by Gasteiger charge is -2.17. The van der Waals surface area contributed by atoms with Gasteiger partial charge in [-0.05, 0) is 48.6 Å². The first-order valence-electron chi connectivity index (χ1n) is 8.31. The average Bonchev–Trinajstić information content (AvgIpc) is 3.46. The number of ether oxygens (including phenoxy) is 1. The van der Waals surface area contributed by atoms with Crippen molar-refractivity contribution in [2.24, 2.45) is 5.84 Å². The summed E-state index contributed by atoms with van der Waals surface area (Å²) in [6.07, 6.45) is 2.09. The largest absolute Gasteiger partial charge is 0.432 e. The molecule has 3 rings (SSSR count). The Labute approximate surface area is 153 Å². The molecular weight excluding hydrogens is 361 g/mol. The molecule has 0 atom stereocenters. The van der Waals surface area contributed by atoms with Gasteiger partial charge in [0.25, 0.3) is 5.91 Å². The lowest BCUT2D eigenvalue weighted by Crippen LogP contribution is -2.25. The van der Waals surface area contributed by atoms with E-state index in [-0.39, 0.29) is 12.1 Å². The van der Waals surface area contributed by atoms with Gasteiger partial charge in [0.05, 0.1) is 11.4 Å². The summed E-state index contributed by atoms with van der Waals surface area (Å²) in [5.41, 5.74) is 11.3. The number of anilines is 2. The zero-order valence-corrected chi connectivity index (χ0v) is 14.3. The van der Waals surface area contributed by atoms with Gasteiger partial charge in [-0.15, -0.1) is 0 Å². The minimum atomic E-state index is -3.15. The van der Waals surface area contributed by atoms with Crippen molar-refractivity contribution in [3.8, 4) is 5.75 Å². The smallest absolute Gasteiger partial charge is 0.387 e. The number of nitrogen functional groups attached to an aromatic ring is 2. The molecule has 0 aromatic heterocycles. The Balaban J connectivity index is 1.76. The number of halogens is 3. The van der Waals surface area contributed by atoms with Crippen LogP contribution in [0.2, 0.25) is 0 Å². The number of alkyl halides is 2. The summed E-state index contributed by atoms with van der Waals surface area (Å²) in [5.74, 6) is 3.73. The fraction of sp³-hybridized carbons (Fsp3) is 0.278. The number of benzene rings is 2. The second-order valence-electron chi connectivity index (χ2n) is 6.22. The number of carbonyl (C=O) groups is 1. The predicted molar refractivity (Wildman–Crippen MR) is 94.8 cm³/mol. The van der Waals surface area contributed by atoms with Crippen LogP contribution in [-0.2, 0) is 6.54 Å². The van der Waals surface area contributed by atoms with E-state index in [1.165, 1.54) is 6.07 Å². The van der Waals surface area contributed by atoms with Crippen LogP contribution in [0.15, 0.2) is 30.3 Å². The van der Waals surface area contributed by atoms with E-state index in [0.717, 1.165) is 36.1 Å². The molecular formula is C18H19F3N4O2. The molecule has 1 aliphatic carbocycles. The maximum Gasteiger partial charge on any atom is 0.387 e. The molecule has 2 aromatic carbocycles. The molecule has 0 spiro atoms. The Morgan fingerprint density at radius 2 is 2.00 bits per heavy atom. The second kappa shape index (κ2) is 7.75. The lowest BCUT2D eigenvalue weighted by molar-refractivity contribution is -0.0521. The van der Waals surface area contributed by atoms with E-state index in [2.05, 4.69) is 15.5 Å². The Bertz CT molecular complexity index is 857. The predicted octanol–water partition coefficient (Wildman–Crippen LogP) is 3.10. The highest BCUT2D eigenvalue weighted by Crippen LogP contribution is 2.44. The minimum absolute atomic E-state index is 0.0201. The van der Waals surface area contributed by atoms with Gasteiger partial charge in [-0.3, -0.25) is 10.6 Å². The summed E-state index contributed by atoms with van der Waals surface area (Å²) < 4.78 is 42.2. The summed E-state index contributed by atoms with van der Waals surface area (Å²) in [4.78, 5) is 12.3. The zero-order chi connectivity index (χ0) is 19.6. The number of hydrazine groups is 1. The van der Waals surface area contributed by atoms with Gasteiger partial charge in [-0.1, -0.05) is 6.07 Å². The summed E-state index contributed by atoms with van der Waals surface area (Å²) >= 11 is 0.